The second-order valence-electron chi connectivity index (χ2n) is 8.50. The lowest BCUT2D eigenvalue weighted by atomic mass is 10.1. The molecule has 194 valence electrons. The number of barbiturate groups is 1. The third-order valence-corrected chi connectivity index (χ3v) is 5.94. The van der Waals surface area contributed by atoms with E-state index >= 15 is 0 Å². The van der Waals surface area contributed by atoms with Gasteiger partial charge in [0.2, 0.25) is 0 Å². The highest BCUT2D eigenvalue weighted by molar-refractivity contribution is 6.39. The van der Waals surface area contributed by atoms with Gasteiger partial charge in [-0.3, -0.25) is 19.7 Å². The fourth-order valence-electron chi connectivity index (χ4n) is 3.74. The third-order valence-electron chi connectivity index (χ3n) is 5.71. The number of hydrogen-bond donors (Lipinski definition) is 2. The van der Waals surface area contributed by atoms with E-state index in [-0.39, 0.29) is 29.5 Å². The molecule has 0 saturated carbocycles. The monoisotopic (exact) mass is 533 g/mol. The highest BCUT2D eigenvalue weighted by Crippen LogP contribution is 2.31. The first-order valence-corrected chi connectivity index (χ1v) is 11.9. The van der Waals surface area contributed by atoms with E-state index in [1.807, 2.05) is 19.1 Å². The zero-order chi connectivity index (χ0) is 27.4. The Balaban J connectivity index is 1.53. The van der Waals surface area contributed by atoms with E-state index < -0.39 is 17.8 Å². The molecule has 2 N–H and O–H groups in total. The van der Waals surface area contributed by atoms with Crippen molar-refractivity contribution in [2.24, 2.45) is 0 Å². The van der Waals surface area contributed by atoms with Gasteiger partial charge in [-0.2, -0.15) is 0 Å². The molecule has 0 unspecified atom stereocenters. The largest absolute Gasteiger partial charge is 0.493 e. The van der Waals surface area contributed by atoms with Crippen molar-refractivity contribution in [3.63, 3.8) is 0 Å². The van der Waals surface area contributed by atoms with Gasteiger partial charge in [0.05, 0.1) is 12.8 Å². The molecule has 0 radical (unpaired) electrons. The molecule has 0 aromatic heterocycles. The number of benzene rings is 3. The second kappa shape index (κ2) is 11.2. The van der Waals surface area contributed by atoms with E-state index in [4.69, 9.17) is 21.1 Å². The van der Waals surface area contributed by atoms with Crippen LogP contribution in [-0.2, 0) is 14.4 Å². The summed E-state index contributed by atoms with van der Waals surface area (Å²) in [6.45, 7) is 3.41. The van der Waals surface area contributed by atoms with Crippen LogP contribution >= 0.6 is 11.6 Å². The Bertz CT molecular complexity index is 1470. The maximum Gasteiger partial charge on any atom is 0.335 e. The summed E-state index contributed by atoms with van der Waals surface area (Å²) in [4.78, 5) is 51.4. The van der Waals surface area contributed by atoms with Gasteiger partial charge in [-0.1, -0.05) is 41.4 Å². The van der Waals surface area contributed by atoms with E-state index in [9.17, 15) is 19.2 Å². The number of imide groups is 2. The van der Waals surface area contributed by atoms with Crippen LogP contribution in [0.1, 0.15) is 16.7 Å². The minimum Gasteiger partial charge on any atom is -0.493 e. The predicted octanol–water partition coefficient (Wildman–Crippen LogP) is 4.65. The summed E-state index contributed by atoms with van der Waals surface area (Å²) in [6.07, 6.45) is 1.34. The van der Waals surface area contributed by atoms with Crippen LogP contribution in [0.4, 0.5) is 16.2 Å². The first-order chi connectivity index (χ1) is 18.2. The quantitative estimate of drug-likeness (QED) is 0.337. The molecule has 1 fully saturated rings. The number of nitrogens with one attached hydrogen (secondary N) is 2. The zero-order valence-corrected chi connectivity index (χ0v) is 21.6. The number of hydrogen-bond acceptors (Lipinski definition) is 6. The molecule has 0 spiro atoms. The van der Waals surface area contributed by atoms with Crippen molar-refractivity contribution in [1.29, 1.82) is 0 Å². The number of methoxy groups -OCH3 is 1. The molecule has 0 bridgehead atoms. The van der Waals surface area contributed by atoms with Crippen molar-refractivity contribution < 1.29 is 28.7 Å². The fourth-order valence-corrected chi connectivity index (χ4v) is 3.90. The summed E-state index contributed by atoms with van der Waals surface area (Å²) in [7, 11) is 1.42. The lowest BCUT2D eigenvalue weighted by Crippen LogP contribution is -2.54. The van der Waals surface area contributed by atoms with Crippen molar-refractivity contribution in [3.8, 4) is 11.5 Å². The van der Waals surface area contributed by atoms with E-state index in [2.05, 4.69) is 10.6 Å². The van der Waals surface area contributed by atoms with Crippen LogP contribution in [0.2, 0.25) is 5.02 Å². The topological polar surface area (TPSA) is 114 Å². The number of ether oxygens (including phenoxy) is 2. The van der Waals surface area contributed by atoms with Gasteiger partial charge in [-0.05, 0) is 67.4 Å². The normalized spacial score (nSPS) is 14.4. The summed E-state index contributed by atoms with van der Waals surface area (Å²) >= 11 is 6.06. The van der Waals surface area contributed by atoms with Gasteiger partial charge in [0.25, 0.3) is 17.7 Å². The molecule has 4 rings (SSSR count). The van der Waals surface area contributed by atoms with Gasteiger partial charge in [0, 0.05) is 10.7 Å². The maximum atomic E-state index is 13.2. The number of halogens is 1. The lowest BCUT2D eigenvalue weighted by Gasteiger charge is -2.27. The van der Waals surface area contributed by atoms with Crippen molar-refractivity contribution in [2.75, 3.05) is 23.9 Å². The van der Waals surface area contributed by atoms with Crippen LogP contribution in [0.3, 0.4) is 0 Å². The molecule has 1 heterocycles. The second-order valence-corrected chi connectivity index (χ2v) is 8.94. The number of carbonyl (C=O) groups excluding carboxylic acids is 4. The summed E-state index contributed by atoms with van der Waals surface area (Å²) in [5.41, 5.74) is 2.80. The molecule has 1 aliphatic rings. The minimum atomic E-state index is -0.868. The summed E-state index contributed by atoms with van der Waals surface area (Å²) in [6, 6.07) is 16.0. The number of rotatable bonds is 7. The molecule has 1 aliphatic heterocycles. The predicted molar refractivity (Wildman–Crippen MR) is 143 cm³/mol. The highest BCUT2D eigenvalue weighted by Gasteiger charge is 2.37. The van der Waals surface area contributed by atoms with Gasteiger partial charge >= 0.3 is 6.03 Å². The number of nitrogens with zero attached hydrogens (tertiary/aromatic N) is 1. The fraction of sp³-hybridized carbons (Fsp3) is 0.143. The van der Waals surface area contributed by atoms with E-state index in [1.54, 1.807) is 49.4 Å². The van der Waals surface area contributed by atoms with Crippen molar-refractivity contribution in [3.05, 3.63) is 87.9 Å². The van der Waals surface area contributed by atoms with Crippen LogP contribution in [0.25, 0.3) is 6.08 Å². The Morgan fingerprint density at radius 2 is 1.74 bits per heavy atom. The van der Waals surface area contributed by atoms with Crippen molar-refractivity contribution >= 4 is 52.8 Å². The van der Waals surface area contributed by atoms with Gasteiger partial charge in [-0.15, -0.1) is 0 Å². The first kappa shape index (κ1) is 26.4. The third kappa shape index (κ3) is 5.84. The van der Waals surface area contributed by atoms with Crippen LogP contribution in [0, 0.1) is 13.8 Å². The number of amides is 5. The lowest BCUT2D eigenvalue weighted by molar-refractivity contribution is -0.122. The number of urea groups is 1. The van der Waals surface area contributed by atoms with Gasteiger partial charge in [-0.25, -0.2) is 9.69 Å². The van der Waals surface area contributed by atoms with Crippen LogP contribution in [0.15, 0.2) is 66.2 Å². The van der Waals surface area contributed by atoms with Gasteiger partial charge < -0.3 is 14.8 Å². The Hall–Kier alpha value is -4.63. The van der Waals surface area contributed by atoms with Crippen LogP contribution < -0.4 is 25.0 Å². The average Bonchev–Trinajstić information content (AvgIpc) is 2.88. The number of anilines is 2. The van der Waals surface area contributed by atoms with E-state index in [0.29, 0.717) is 27.6 Å². The van der Waals surface area contributed by atoms with E-state index in [0.717, 1.165) is 10.5 Å². The van der Waals surface area contributed by atoms with Crippen molar-refractivity contribution in [1.82, 2.24) is 5.32 Å². The maximum absolute atomic E-state index is 13.2. The molecule has 1 saturated heterocycles. The Morgan fingerprint density at radius 3 is 2.45 bits per heavy atom. The molecule has 10 heteroatoms. The Morgan fingerprint density at radius 1 is 1.00 bits per heavy atom. The molecule has 3 aromatic carbocycles. The molecule has 9 nitrogen and oxygen atoms in total. The molecule has 5 amide bonds. The SMILES string of the molecule is COc1cc(/C=C2\C(=O)NC(=O)N(c3cc(Cl)ccc3C)C2=O)ccc1OCC(=O)Nc1ccc(C)cc1. The molecule has 0 atom stereocenters. The molecule has 38 heavy (non-hydrogen) atoms. The zero-order valence-electron chi connectivity index (χ0n) is 20.8. The van der Waals surface area contributed by atoms with Gasteiger partial charge in [0.1, 0.15) is 5.57 Å². The Labute approximate surface area is 224 Å². The van der Waals surface area contributed by atoms with Crippen LogP contribution in [0.5, 0.6) is 11.5 Å². The summed E-state index contributed by atoms with van der Waals surface area (Å²) < 4.78 is 11.0. The van der Waals surface area contributed by atoms with Crippen LogP contribution in [-0.4, -0.2) is 37.5 Å². The molecular weight excluding hydrogens is 510 g/mol. The van der Waals surface area contributed by atoms with E-state index in [1.165, 1.54) is 19.3 Å². The Kier molecular flexibility index (Phi) is 7.78. The van der Waals surface area contributed by atoms with Gasteiger partial charge in [0.15, 0.2) is 18.1 Å². The summed E-state index contributed by atoms with van der Waals surface area (Å²) in [5, 5.41) is 5.27. The smallest absolute Gasteiger partial charge is 0.335 e. The standard InChI is InChI=1S/C28H24ClN3O6/c1-16-4-9-20(10-5-16)30-25(33)15-38-23-11-7-18(13-24(23)37-3)12-21-26(34)31-28(36)32(27(21)35)22-14-19(29)8-6-17(22)2/h4-14H,15H2,1-3H3,(H,30,33)(H,31,34,36)/b21-12+. The number of carbonyl (C=O) groups is 4. The number of aryl methyl sites for hydroxylation is 2. The highest BCUT2D eigenvalue weighted by atomic mass is 35.5. The molecule has 0 aliphatic carbocycles. The van der Waals surface area contributed by atoms with Crippen molar-refractivity contribution in [2.45, 2.75) is 13.8 Å². The first-order valence-electron chi connectivity index (χ1n) is 11.5. The molecule has 3 aromatic rings. The summed E-state index contributed by atoms with van der Waals surface area (Å²) in [5.74, 6) is -1.41. The minimum absolute atomic E-state index is 0.253. The molecular formula is C28H24ClN3O6. The average molecular weight is 534 g/mol.